The molecule has 132 valence electrons. The predicted molar refractivity (Wildman–Crippen MR) is 107 cm³/mol. The highest BCUT2D eigenvalue weighted by Gasteiger charge is 2.25. The molecular weight excluding hydrogens is 346 g/mol. The highest BCUT2D eigenvalue weighted by Crippen LogP contribution is 2.37. The summed E-state index contributed by atoms with van der Waals surface area (Å²) in [5.41, 5.74) is 4.54. The summed E-state index contributed by atoms with van der Waals surface area (Å²) in [6, 6.07) is 5.87. The first-order valence-corrected chi connectivity index (χ1v) is 9.63. The molecule has 0 unspecified atom stereocenters. The highest BCUT2D eigenvalue weighted by molar-refractivity contribution is 9.10. The van der Waals surface area contributed by atoms with Crippen LogP contribution >= 0.6 is 15.9 Å². The Bertz CT molecular complexity index is 522. The second-order valence-corrected chi connectivity index (χ2v) is 10.1. The molecule has 0 spiro atoms. The number of nitrogens with zero attached hydrogens (tertiary/aromatic N) is 1. The molecular formula is C21H36BrN. The molecule has 23 heavy (non-hydrogen) atoms. The van der Waals surface area contributed by atoms with Crippen LogP contribution in [-0.4, -0.2) is 17.0 Å². The van der Waals surface area contributed by atoms with Crippen LogP contribution in [0.4, 0.5) is 0 Å². The molecule has 1 rings (SSSR count). The van der Waals surface area contributed by atoms with Crippen LogP contribution in [0.25, 0.3) is 0 Å². The molecule has 1 nitrogen and oxygen atoms in total. The van der Waals surface area contributed by atoms with Crippen LogP contribution in [0.2, 0.25) is 0 Å². The van der Waals surface area contributed by atoms with Gasteiger partial charge in [0.2, 0.25) is 0 Å². The summed E-state index contributed by atoms with van der Waals surface area (Å²) in [6.45, 7) is 23.9. The van der Waals surface area contributed by atoms with Crippen LogP contribution in [0.1, 0.15) is 85.9 Å². The lowest BCUT2D eigenvalue weighted by molar-refractivity contribution is 0.165. The molecule has 0 aliphatic rings. The molecule has 0 aliphatic heterocycles. The fraction of sp³-hybridized carbons (Fsp3) is 0.714. The number of rotatable bonds is 4. The van der Waals surface area contributed by atoms with E-state index in [2.05, 4.69) is 102 Å². The van der Waals surface area contributed by atoms with Gasteiger partial charge in [0.1, 0.15) is 0 Å². The van der Waals surface area contributed by atoms with Crippen molar-refractivity contribution < 1.29 is 0 Å². The van der Waals surface area contributed by atoms with Gasteiger partial charge < -0.3 is 0 Å². The smallest absolute Gasteiger partial charge is 0.0257 e. The van der Waals surface area contributed by atoms with Crippen molar-refractivity contribution in [2.45, 2.75) is 98.7 Å². The lowest BCUT2D eigenvalue weighted by Crippen LogP contribution is -2.36. The topological polar surface area (TPSA) is 3.24 Å². The third-order valence-electron chi connectivity index (χ3n) is 4.50. The van der Waals surface area contributed by atoms with Gasteiger partial charge >= 0.3 is 0 Å². The molecule has 0 aliphatic carbocycles. The van der Waals surface area contributed by atoms with E-state index in [0.29, 0.717) is 12.1 Å². The van der Waals surface area contributed by atoms with Crippen molar-refractivity contribution in [3.05, 3.63) is 33.3 Å². The van der Waals surface area contributed by atoms with Gasteiger partial charge in [0, 0.05) is 23.1 Å². The van der Waals surface area contributed by atoms with Crippen molar-refractivity contribution >= 4 is 15.9 Å². The molecule has 0 atom stereocenters. The van der Waals surface area contributed by atoms with Gasteiger partial charge in [-0.1, -0.05) is 69.6 Å². The fourth-order valence-corrected chi connectivity index (χ4v) is 3.89. The molecule has 1 aromatic rings. The molecule has 0 heterocycles. The van der Waals surface area contributed by atoms with Gasteiger partial charge in [0.25, 0.3) is 0 Å². The van der Waals surface area contributed by atoms with Crippen molar-refractivity contribution in [2.75, 3.05) is 0 Å². The molecule has 0 aromatic heterocycles. The Balaban J connectivity index is 3.46. The first kappa shape index (κ1) is 20.7. The Labute approximate surface area is 153 Å². The van der Waals surface area contributed by atoms with E-state index in [0.717, 1.165) is 6.54 Å². The minimum absolute atomic E-state index is 0.134. The summed E-state index contributed by atoms with van der Waals surface area (Å²) in [4.78, 5) is 2.55. The average Bonchev–Trinajstić information content (AvgIpc) is 2.33. The van der Waals surface area contributed by atoms with E-state index in [9.17, 15) is 0 Å². The number of benzene rings is 1. The summed E-state index contributed by atoms with van der Waals surface area (Å²) in [6.07, 6.45) is 0. The van der Waals surface area contributed by atoms with Gasteiger partial charge in [-0.15, -0.1) is 0 Å². The Morgan fingerprint density at radius 2 is 1.35 bits per heavy atom. The third kappa shape index (κ3) is 5.32. The maximum atomic E-state index is 3.92. The van der Waals surface area contributed by atoms with Gasteiger partial charge in [-0.3, -0.25) is 4.90 Å². The largest absolute Gasteiger partial charge is 0.294 e. The highest BCUT2D eigenvalue weighted by atomic mass is 79.9. The summed E-state index contributed by atoms with van der Waals surface area (Å²) in [7, 11) is 0. The van der Waals surface area contributed by atoms with Crippen LogP contribution in [-0.2, 0) is 17.4 Å². The maximum absolute atomic E-state index is 3.92. The predicted octanol–water partition coefficient (Wildman–Crippen LogP) is 6.66. The molecule has 0 amide bonds. The van der Waals surface area contributed by atoms with Gasteiger partial charge in [0.05, 0.1) is 0 Å². The zero-order valence-electron chi connectivity index (χ0n) is 16.8. The fourth-order valence-electron chi connectivity index (χ4n) is 2.94. The molecule has 0 bridgehead atoms. The van der Waals surface area contributed by atoms with E-state index in [1.165, 1.54) is 21.2 Å². The zero-order chi connectivity index (χ0) is 18.2. The summed E-state index contributed by atoms with van der Waals surface area (Å²) < 4.78 is 1.28. The van der Waals surface area contributed by atoms with Crippen molar-refractivity contribution in [1.82, 2.24) is 4.90 Å². The average molecular weight is 382 g/mol. The normalized spacial score (nSPS) is 13.5. The SMILES string of the molecule is CC(C)N(Cc1cc(C(C)(C)C)cc(C(C)(C)C)c1Br)C(C)C. The van der Waals surface area contributed by atoms with Gasteiger partial charge in [-0.05, 0) is 55.2 Å². The Kier molecular flexibility index (Phi) is 6.54. The Morgan fingerprint density at radius 1 is 0.870 bits per heavy atom. The lowest BCUT2D eigenvalue weighted by atomic mass is 9.79. The third-order valence-corrected chi connectivity index (χ3v) is 5.44. The summed E-state index contributed by atoms with van der Waals surface area (Å²) in [5, 5.41) is 0. The lowest BCUT2D eigenvalue weighted by Gasteiger charge is -2.33. The Hall–Kier alpha value is -0.340. The maximum Gasteiger partial charge on any atom is 0.0257 e. The monoisotopic (exact) mass is 381 g/mol. The first-order valence-electron chi connectivity index (χ1n) is 8.84. The van der Waals surface area contributed by atoms with E-state index in [1.807, 2.05) is 0 Å². The number of hydrogen-bond acceptors (Lipinski definition) is 1. The van der Waals surface area contributed by atoms with Crippen LogP contribution in [0.3, 0.4) is 0 Å². The quantitative estimate of drug-likeness (QED) is 0.563. The number of hydrogen-bond donors (Lipinski definition) is 0. The van der Waals surface area contributed by atoms with Crippen LogP contribution in [0.15, 0.2) is 16.6 Å². The molecule has 0 saturated carbocycles. The summed E-state index contributed by atoms with van der Waals surface area (Å²) in [5.74, 6) is 0. The van der Waals surface area contributed by atoms with Crippen LogP contribution in [0.5, 0.6) is 0 Å². The van der Waals surface area contributed by atoms with E-state index < -0.39 is 0 Å². The van der Waals surface area contributed by atoms with Crippen molar-refractivity contribution in [2.24, 2.45) is 0 Å². The second-order valence-electron chi connectivity index (χ2n) is 9.36. The molecule has 0 saturated heterocycles. The van der Waals surface area contributed by atoms with E-state index >= 15 is 0 Å². The second kappa shape index (κ2) is 7.27. The van der Waals surface area contributed by atoms with E-state index in [1.54, 1.807) is 0 Å². The van der Waals surface area contributed by atoms with Gasteiger partial charge in [-0.2, -0.15) is 0 Å². The van der Waals surface area contributed by atoms with Crippen LogP contribution in [0, 0.1) is 0 Å². The molecule has 0 fully saturated rings. The minimum Gasteiger partial charge on any atom is -0.294 e. The van der Waals surface area contributed by atoms with E-state index in [-0.39, 0.29) is 10.8 Å². The van der Waals surface area contributed by atoms with Crippen molar-refractivity contribution in [1.29, 1.82) is 0 Å². The standard InChI is InChI=1S/C21H36BrN/c1-14(2)23(15(3)4)13-16-11-17(20(5,6)7)12-18(19(16)22)21(8,9)10/h11-12,14-15H,13H2,1-10H3. The summed E-state index contributed by atoms with van der Waals surface area (Å²) >= 11 is 3.92. The Morgan fingerprint density at radius 3 is 1.70 bits per heavy atom. The first-order chi connectivity index (χ1) is 10.2. The van der Waals surface area contributed by atoms with E-state index in [4.69, 9.17) is 0 Å². The van der Waals surface area contributed by atoms with Gasteiger partial charge in [-0.25, -0.2) is 0 Å². The van der Waals surface area contributed by atoms with Gasteiger partial charge in [0.15, 0.2) is 0 Å². The van der Waals surface area contributed by atoms with Crippen molar-refractivity contribution in [3.8, 4) is 0 Å². The molecule has 2 heteroatoms. The minimum atomic E-state index is 0.134. The molecule has 1 aromatic carbocycles. The molecule has 0 radical (unpaired) electrons. The van der Waals surface area contributed by atoms with Crippen LogP contribution < -0.4 is 0 Å². The number of halogens is 1. The zero-order valence-corrected chi connectivity index (χ0v) is 18.4. The van der Waals surface area contributed by atoms with Crippen molar-refractivity contribution in [3.63, 3.8) is 0 Å². The molecule has 0 N–H and O–H groups in total.